The largest absolute Gasteiger partial charge is 0.453 e. The number of sulfonamides is 2. The van der Waals surface area contributed by atoms with Crippen LogP contribution >= 0.6 is 0 Å². The van der Waals surface area contributed by atoms with E-state index in [9.17, 15) is 59.1 Å². The smallest absolute Gasteiger partial charge is 0.435 e. The van der Waals surface area contributed by atoms with Gasteiger partial charge in [-0.25, -0.2) is 46.2 Å². The molecule has 0 unspecified atom stereocenters. The van der Waals surface area contributed by atoms with Crippen molar-refractivity contribution in [2.24, 2.45) is 16.0 Å². The number of aromatic nitrogens is 5. The number of pyridine rings is 2. The van der Waals surface area contributed by atoms with Crippen molar-refractivity contribution in [3.05, 3.63) is 204 Å². The number of nitrogens with two attached hydrogens (primary N) is 1. The van der Waals surface area contributed by atoms with E-state index in [0.29, 0.717) is 49.2 Å². The topological polar surface area (TPSA) is 360 Å². The van der Waals surface area contributed by atoms with Crippen LogP contribution in [-0.2, 0) is 58.3 Å². The van der Waals surface area contributed by atoms with Crippen LogP contribution in [0.1, 0.15) is 88.3 Å². The van der Waals surface area contributed by atoms with E-state index < -0.39 is 91.0 Å². The van der Waals surface area contributed by atoms with Crippen LogP contribution < -0.4 is 41.5 Å². The first-order valence-corrected chi connectivity index (χ1v) is 38.2. The van der Waals surface area contributed by atoms with Crippen LogP contribution in [0.3, 0.4) is 0 Å². The van der Waals surface area contributed by atoms with Crippen LogP contribution in [0.4, 0.5) is 40.0 Å². The van der Waals surface area contributed by atoms with E-state index in [1.807, 2.05) is 118 Å². The highest BCUT2D eigenvalue weighted by atomic mass is 32.2. The van der Waals surface area contributed by atoms with Gasteiger partial charge in [-0.3, -0.25) is 29.5 Å². The Morgan fingerprint density at radius 1 is 0.679 bits per heavy atom. The van der Waals surface area contributed by atoms with Crippen molar-refractivity contribution in [1.29, 1.82) is 0 Å². The lowest BCUT2D eigenvalue weighted by molar-refractivity contribution is -0.141. The minimum Gasteiger partial charge on any atom is -0.453 e. The van der Waals surface area contributed by atoms with Crippen molar-refractivity contribution in [3.63, 3.8) is 0 Å². The Balaban J connectivity index is 0.000000220. The predicted molar refractivity (Wildman–Crippen MR) is 412 cm³/mol. The van der Waals surface area contributed by atoms with E-state index in [4.69, 9.17) is 14.6 Å². The molecule has 582 valence electrons. The number of alkyl carbamates (subject to hydrolysis) is 2. The molecule has 1 aliphatic heterocycles. The van der Waals surface area contributed by atoms with Crippen LogP contribution in [0.2, 0.25) is 0 Å². The molecule has 4 atom stereocenters. The van der Waals surface area contributed by atoms with Gasteiger partial charge in [-0.15, -0.1) is 0 Å². The first kappa shape index (κ1) is 83.7. The number of anilines is 3. The number of nitrogens with zero attached hydrogens (tertiary/aromatic N) is 7. The highest BCUT2D eigenvalue weighted by molar-refractivity contribution is 7.92. The molecule has 10 rings (SSSR count). The molecule has 27 nitrogen and oxygen atoms in total. The normalized spacial score (nSPS) is 13.8. The van der Waals surface area contributed by atoms with Gasteiger partial charge in [0.25, 0.3) is 11.8 Å². The molecular weight excluding hydrogens is 1450 g/mol. The zero-order valence-electron chi connectivity index (χ0n) is 62.7. The Morgan fingerprint density at radius 3 is 1.83 bits per heavy atom. The van der Waals surface area contributed by atoms with Gasteiger partial charge >= 0.3 is 18.4 Å². The van der Waals surface area contributed by atoms with Crippen molar-refractivity contribution in [1.82, 2.24) is 56.0 Å². The first-order valence-electron chi connectivity index (χ1n) is 34.8. The van der Waals surface area contributed by atoms with Gasteiger partial charge in [0.15, 0.2) is 11.5 Å². The molecule has 0 saturated carbocycles. The monoisotopic (exact) mass is 1540 g/mol. The van der Waals surface area contributed by atoms with Crippen LogP contribution in [0.15, 0.2) is 181 Å². The molecule has 4 aromatic heterocycles. The molecular formula is C77H94F3N15O12S2. The molecule has 32 heteroatoms. The summed E-state index contributed by atoms with van der Waals surface area (Å²) in [6.07, 6.45) is -2.49. The molecule has 0 bridgehead atoms. The number of primary sulfonamides is 1. The van der Waals surface area contributed by atoms with Gasteiger partial charge in [0, 0.05) is 85.4 Å². The average Bonchev–Trinajstić information content (AvgIpc) is 1.70. The number of carbonyl (C=O) groups excluding carboxylic acids is 5. The van der Waals surface area contributed by atoms with Gasteiger partial charge in [0.2, 0.25) is 26.0 Å². The molecule has 109 heavy (non-hydrogen) atoms. The molecule has 1 aliphatic rings. The number of amides is 5. The number of halogens is 3. The highest BCUT2D eigenvalue weighted by Crippen LogP contribution is 2.34. The summed E-state index contributed by atoms with van der Waals surface area (Å²) in [7, 11) is -4.82. The summed E-state index contributed by atoms with van der Waals surface area (Å²) in [6, 6.07) is 44.1. The number of aliphatic hydroxyl groups is 1. The van der Waals surface area contributed by atoms with Crippen LogP contribution in [0, 0.1) is 17.8 Å². The lowest BCUT2D eigenvalue weighted by Gasteiger charge is -2.36. The zero-order chi connectivity index (χ0) is 79.8. The number of benzene rings is 5. The standard InChI is InChI=1S/C38H52N6O7.C22H28N6O3S.C17H14F3N3O2S/c1-37(2,3)31(41-35(48)50-7)33(46)40-29(22-25-14-10-9-11-15-25)30(45)24-44(43-34(47)32(38(4,5)6)42-36(49)51-8)23-26-17-19-27(20-18-26)28-16-12-13-21-39-28;1-15(2)24-19-5-4-8-23-21(19)27-9-11-28(12-10-27)22(29)20-14-16-13-17(26-32(3,30)31)6-7-18(16)25-20;1-11-2-4-12(5-3-11)15-10-16(17(18,19)20)22-23(15)13-6-8-14(9-7-13)26(21,24)25/h9-21,29-32,45H,22-24H2,1-8H3,(H,40,46)(H,41,48)(H,42,49)(H,43,47);4-8,13-15,24-26H,9-12H2,1-3H3;2-10H,1H3,(H2,21,24,25)/t29-,30-,31+,32+;;/m0../s1. The zero-order valence-corrected chi connectivity index (χ0v) is 64.3. The maximum absolute atomic E-state index is 13.8. The number of fused-ring (bicyclic) bond motifs is 1. The van der Waals surface area contributed by atoms with E-state index in [0.717, 1.165) is 67.4 Å². The maximum atomic E-state index is 13.8. The third-order valence-corrected chi connectivity index (χ3v) is 18.8. The number of aromatic amines is 1. The number of alkyl halides is 3. The molecule has 0 radical (unpaired) electrons. The Bertz CT molecular complexity index is 4800. The molecule has 1 saturated heterocycles. The third-order valence-electron chi connectivity index (χ3n) is 17.2. The molecule has 5 heterocycles. The lowest BCUT2D eigenvalue weighted by atomic mass is 9.85. The van der Waals surface area contributed by atoms with E-state index in [1.165, 1.54) is 38.5 Å². The molecule has 0 spiro atoms. The quantitative estimate of drug-likeness (QED) is 0.0269. The van der Waals surface area contributed by atoms with Gasteiger partial charge in [-0.1, -0.05) is 132 Å². The number of nitrogens with one attached hydrogen (secondary N) is 7. The summed E-state index contributed by atoms with van der Waals surface area (Å²) in [5, 5.41) is 34.5. The Labute approximate surface area is 632 Å². The van der Waals surface area contributed by atoms with Crippen LogP contribution in [-0.4, -0.2) is 170 Å². The number of carbonyl (C=O) groups is 5. The molecule has 5 aromatic carbocycles. The fourth-order valence-corrected chi connectivity index (χ4v) is 12.8. The van der Waals surface area contributed by atoms with Gasteiger partial charge in [0.05, 0.1) is 60.3 Å². The fourth-order valence-electron chi connectivity index (χ4n) is 11.7. The van der Waals surface area contributed by atoms with Crippen molar-refractivity contribution in [2.75, 3.05) is 68.1 Å². The van der Waals surface area contributed by atoms with Gasteiger partial charge < -0.3 is 50.6 Å². The number of piperazine rings is 1. The van der Waals surface area contributed by atoms with Crippen molar-refractivity contribution >= 4 is 78.1 Å². The van der Waals surface area contributed by atoms with Crippen LogP contribution in [0.25, 0.3) is 39.1 Å². The second-order valence-corrected chi connectivity index (χ2v) is 31.9. The number of H-pyrrole nitrogens is 1. The second-order valence-electron chi connectivity index (χ2n) is 28.6. The van der Waals surface area contributed by atoms with E-state index in [-0.39, 0.29) is 41.7 Å². The number of hydrogen-bond donors (Lipinski definition) is 9. The number of rotatable bonds is 23. The summed E-state index contributed by atoms with van der Waals surface area (Å²) >= 11 is 0. The highest BCUT2D eigenvalue weighted by Gasteiger charge is 2.39. The van der Waals surface area contributed by atoms with Crippen LogP contribution in [0.5, 0.6) is 0 Å². The molecule has 9 aromatic rings. The maximum Gasteiger partial charge on any atom is 0.435 e. The number of aryl methyl sites for hydroxylation is 1. The molecule has 0 aliphatic carbocycles. The van der Waals surface area contributed by atoms with Gasteiger partial charge in [0.1, 0.15) is 17.8 Å². The second kappa shape index (κ2) is 36.3. The van der Waals surface area contributed by atoms with E-state index >= 15 is 0 Å². The third kappa shape index (κ3) is 24.3. The number of aliphatic hydroxyl groups excluding tert-OH is 1. The number of hydrogen-bond acceptors (Lipinski definition) is 18. The summed E-state index contributed by atoms with van der Waals surface area (Å²) in [5.74, 6) is -0.197. The summed E-state index contributed by atoms with van der Waals surface area (Å²) in [4.78, 5) is 81.0. The lowest BCUT2D eigenvalue weighted by Crippen LogP contribution is -2.60. The van der Waals surface area contributed by atoms with Gasteiger partial charge in [-0.05, 0) is 128 Å². The predicted octanol–water partition coefficient (Wildman–Crippen LogP) is 10.4. The van der Waals surface area contributed by atoms with Gasteiger partial charge in [-0.2, -0.15) is 18.3 Å². The number of methoxy groups -OCH3 is 2. The average molecular weight is 1540 g/mol. The van der Waals surface area contributed by atoms with E-state index in [2.05, 4.69) is 70.2 Å². The Kier molecular flexibility index (Phi) is 27.9. The fraction of sp³-hybridized carbons (Fsp3) is 0.351. The first-order chi connectivity index (χ1) is 51.3. The summed E-state index contributed by atoms with van der Waals surface area (Å²) in [6.45, 7) is 19.5. The molecule has 1 fully saturated rings. The Hall–Kier alpha value is -10.9. The van der Waals surface area contributed by atoms with E-state index in [1.54, 1.807) is 86.7 Å². The van der Waals surface area contributed by atoms with Crippen molar-refractivity contribution in [2.45, 2.75) is 117 Å². The minimum atomic E-state index is -4.61. The Morgan fingerprint density at radius 2 is 1.28 bits per heavy atom. The van der Waals surface area contributed by atoms with Crippen molar-refractivity contribution < 1.29 is 68.6 Å². The van der Waals surface area contributed by atoms with Crippen molar-refractivity contribution in [3.8, 4) is 28.2 Å². The number of ether oxygens (including phenoxy) is 2. The summed E-state index contributed by atoms with van der Waals surface area (Å²) < 4.78 is 98.1. The molecule has 5 amide bonds. The SMILES string of the molecule is CC(C)Nc1cccnc1N1CCN(C(=O)c2cc3cc(NS(C)(=O)=O)ccc3[nH]2)CC1.COC(=O)N[C@H](C(=O)N[C@@H](Cc1ccccc1)[C@@H](O)CN(Cc1ccc(-c2ccccn2)cc1)NC(=O)[C@@H](NC(=O)OC)C(C)(C)C)C(C)(C)C.Cc1ccc(-c2cc(C(F)(F)F)nn2-c2ccc(S(N)(=O)=O)cc2)cc1. The number of hydrazine groups is 1. The molecule has 10 N–H and O–H groups in total. The minimum absolute atomic E-state index is 0.0694. The summed E-state index contributed by atoms with van der Waals surface area (Å²) in [5.41, 5.74) is 8.61.